The van der Waals surface area contributed by atoms with Crippen molar-refractivity contribution in [1.29, 1.82) is 0 Å². The average Bonchev–Trinajstić information content (AvgIpc) is 3.59. The number of rotatable bonds is 7. The summed E-state index contributed by atoms with van der Waals surface area (Å²) in [7, 11) is 0. The van der Waals surface area contributed by atoms with Crippen LogP contribution in [0.5, 0.6) is 5.75 Å². The Labute approximate surface area is 319 Å². The Bertz CT molecular complexity index is 1950. The molecule has 4 fully saturated rings. The van der Waals surface area contributed by atoms with Crippen LogP contribution in [-0.2, 0) is 20.9 Å². The Morgan fingerprint density at radius 1 is 0.722 bits per heavy atom. The molecule has 0 aliphatic carbocycles. The molecule has 9 rings (SSSR count). The first-order chi connectivity index (χ1) is 26.4. The Kier molecular flexibility index (Phi) is 9.66. The van der Waals surface area contributed by atoms with E-state index in [1.807, 2.05) is 12.1 Å². The molecule has 0 unspecified atom stereocenters. The molecular weight excluding hydrogens is 673 g/mol. The highest BCUT2D eigenvalue weighted by atomic mass is 16.5. The lowest BCUT2D eigenvalue weighted by Crippen LogP contribution is -2.43. The second kappa shape index (κ2) is 14.9. The highest BCUT2D eigenvalue weighted by Gasteiger charge is 2.41. The first kappa shape index (κ1) is 35.1. The molecule has 0 bridgehead atoms. The Hall–Kier alpha value is -4.66. The van der Waals surface area contributed by atoms with Gasteiger partial charge in [0.1, 0.15) is 5.75 Å². The van der Waals surface area contributed by atoms with E-state index in [1.54, 1.807) is 6.07 Å². The van der Waals surface area contributed by atoms with Crippen molar-refractivity contribution < 1.29 is 19.4 Å². The molecule has 5 aliphatic rings. The third-order valence-corrected chi connectivity index (χ3v) is 13.3. The molecule has 8 heteroatoms. The van der Waals surface area contributed by atoms with Crippen molar-refractivity contribution in [3.8, 4) is 5.75 Å². The Morgan fingerprint density at radius 2 is 1.39 bits per heavy atom. The summed E-state index contributed by atoms with van der Waals surface area (Å²) in [6.45, 7) is 8.53. The summed E-state index contributed by atoms with van der Waals surface area (Å²) in [5.41, 5.74) is 8.69. The molecule has 4 aromatic rings. The van der Waals surface area contributed by atoms with Crippen molar-refractivity contribution in [2.75, 3.05) is 55.6 Å². The van der Waals surface area contributed by atoms with E-state index in [9.17, 15) is 14.7 Å². The van der Waals surface area contributed by atoms with Crippen molar-refractivity contribution >= 4 is 23.2 Å². The smallest absolute Gasteiger partial charge is 0.234 e. The number of phenolic OH excluding ortho intramolecular Hbond substituents is 1. The fraction of sp³-hybridized carbons (Fsp3) is 0.435. The lowest BCUT2D eigenvalue weighted by atomic mass is 9.77. The van der Waals surface area contributed by atoms with Crippen LogP contribution in [0, 0.1) is 11.3 Å². The summed E-state index contributed by atoms with van der Waals surface area (Å²) in [6.07, 6.45) is 7.18. The predicted octanol–water partition coefficient (Wildman–Crippen LogP) is 7.52. The molecule has 0 radical (unpaired) electrons. The van der Waals surface area contributed by atoms with Gasteiger partial charge in [-0.05, 0) is 121 Å². The number of nitrogens with one attached hydrogen (secondary N) is 1. The number of fused-ring (bicyclic) bond motifs is 1. The van der Waals surface area contributed by atoms with Crippen LogP contribution < -0.4 is 15.1 Å². The predicted molar refractivity (Wildman–Crippen MR) is 212 cm³/mol. The van der Waals surface area contributed by atoms with Crippen molar-refractivity contribution in [2.45, 2.75) is 69.5 Å². The maximum Gasteiger partial charge on any atom is 0.234 e. The van der Waals surface area contributed by atoms with Crippen LogP contribution in [-0.4, -0.2) is 67.6 Å². The maximum atomic E-state index is 12.3. The number of carbonyl (C=O) groups is 2. The number of likely N-dealkylation sites (tertiary alicyclic amines) is 1. The topological polar surface area (TPSA) is 85.4 Å². The molecule has 1 spiro atoms. The van der Waals surface area contributed by atoms with Gasteiger partial charge in [-0.25, -0.2) is 0 Å². The van der Waals surface area contributed by atoms with E-state index in [2.05, 4.69) is 98.9 Å². The number of imide groups is 1. The zero-order chi connectivity index (χ0) is 36.6. The van der Waals surface area contributed by atoms with Gasteiger partial charge in [0.05, 0.1) is 18.6 Å². The van der Waals surface area contributed by atoms with Gasteiger partial charge in [0.15, 0.2) is 0 Å². The van der Waals surface area contributed by atoms with Gasteiger partial charge in [-0.2, -0.15) is 0 Å². The monoisotopic (exact) mass is 724 g/mol. The normalized spacial score (nSPS) is 24.8. The van der Waals surface area contributed by atoms with E-state index >= 15 is 0 Å². The quantitative estimate of drug-likeness (QED) is 0.191. The minimum atomic E-state index is -0.224. The van der Waals surface area contributed by atoms with Gasteiger partial charge in [0, 0.05) is 63.0 Å². The van der Waals surface area contributed by atoms with E-state index < -0.39 is 0 Å². The minimum Gasteiger partial charge on any atom is -0.508 e. The summed E-state index contributed by atoms with van der Waals surface area (Å²) in [5.74, 6) is 0.539. The highest BCUT2D eigenvalue weighted by molar-refractivity contribution is 6.00. The molecule has 0 aromatic heterocycles. The summed E-state index contributed by atoms with van der Waals surface area (Å²) in [5, 5.41) is 12.7. The van der Waals surface area contributed by atoms with E-state index in [1.165, 1.54) is 79.8 Å². The van der Waals surface area contributed by atoms with Crippen molar-refractivity contribution in [2.24, 2.45) is 11.3 Å². The molecule has 3 atom stereocenters. The van der Waals surface area contributed by atoms with Crippen molar-refractivity contribution in [3.63, 3.8) is 0 Å². The van der Waals surface area contributed by atoms with Gasteiger partial charge in [0.2, 0.25) is 11.8 Å². The third-order valence-electron chi connectivity index (χ3n) is 13.3. The Balaban J connectivity index is 0.768. The van der Waals surface area contributed by atoms with Crippen LogP contribution >= 0.6 is 0 Å². The fourth-order valence-corrected chi connectivity index (χ4v) is 10.1. The number of benzene rings is 4. The zero-order valence-corrected chi connectivity index (χ0v) is 31.2. The molecule has 5 heterocycles. The second-order valence-electron chi connectivity index (χ2n) is 16.6. The van der Waals surface area contributed by atoms with E-state index in [-0.39, 0.29) is 35.5 Å². The summed E-state index contributed by atoms with van der Waals surface area (Å²) < 4.78 is 6.47. The van der Waals surface area contributed by atoms with Crippen LogP contribution in [0.15, 0.2) is 97.1 Å². The van der Waals surface area contributed by atoms with Crippen LogP contribution in [0.4, 0.5) is 11.4 Å². The number of hydrogen-bond acceptors (Lipinski definition) is 7. The minimum absolute atomic E-state index is 0.0611. The molecule has 4 saturated heterocycles. The number of ether oxygens (including phenoxy) is 1. The van der Waals surface area contributed by atoms with Crippen LogP contribution in [0.1, 0.15) is 90.7 Å². The number of hydrogen-bond donors (Lipinski definition) is 2. The standard InChI is InChI=1S/C46H52N4O4/c51-39-14-15-40-36(28-39)30-54-44(35-4-2-1-3-5-35)43(40)34-8-12-37(13-9-34)49-23-18-32(19-24-49)29-48-25-20-46(31-48)21-26-50(27-22-46)38-10-6-33(7-11-38)41-16-17-42(52)47-45(41)53/h1-15,28,32,41,43-44,51H,16-27,29-31H2,(H,47,52,53)/t41-,43-,44-/m1/s1. The van der Waals surface area contributed by atoms with Gasteiger partial charge in [-0.1, -0.05) is 60.7 Å². The summed E-state index contributed by atoms with van der Waals surface area (Å²) in [4.78, 5) is 31.8. The number of piperidine rings is 3. The third kappa shape index (κ3) is 7.14. The SMILES string of the molecule is O=C1CC[C@H](c2ccc(N3CCC4(CCN(CC5CCN(c6ccc([C@@H]7c8ccc(O)cc8CO[C@@H]7c7ccccc7)cc6)CC5)C4)CC3)cc2)C(=O)N1. The maximum absolute atomic E-state index is 12.3. The molecule has 2 amide bonds. The van der Waals surface area contributed by atoms with Gasteiger partial charge < -0.3 is 24.5 Å². The average molecular weight is 725 g/mol. The molecule has 5 aliphatic heterocycles. The van der Waals surface area contributed by atoms with Gasteiger partial charge >= 0.3 is 0 Å². The highest BCUT2D eigenvalue weighted by Crippen LogP contribution is 2.46. The molecule has 54 heavy (non-hydrogen) atoms. The van der Waals surface area contributed by atoms with E-state index in [0.717, 1.165) is 43.2 Å². The van der Waals surface area contributed by atoms with Crippen LogP contribution in [0.25, 0.3) is 0 Å². The zero-order valence-electron chi connectivity index (χ0n) is 31.2. The van der Waals surface area contributed by atoms with E-state index in [4.69, 9.17) is 4.74 Å². The first-order valence-electron chi connectivity index (χ1n) is 20.1. The summed E-state index contributed by atoms with van der Waals surface area (Å²) in [6, 6.07) is 33.9. The van der Waals surface area contributed by atoms with Gasteiger partial charge in [0.25, 0.3) is 0 Å². The largest absolute Gasteiger partial charge is 0.508 e. The number of anilines is 2. The number of carbonyl (C=O) groups excluding carboxylic acids is 2. The van der Waals surface area contributed by atoms with Crippen molar-refractivity contribution in [1.82, 2.24) is 10.2 Å². The van der Waals surface area contributed by atoms with Gasteiger partial charge in [-0.3, -0.25) is 14.9 Å². The lowest BCUT2D eigenvalue weighted by Gasteiger charge is -2.41. The number of nitrogens with zero attached hydrogens (tertiary/aromatic N) is 3. The molecule has 8 nitrogen and oxygen atoms in total. The fourth-order valence-electron chi connectivity index (χ4n) is 10.1. The van der Waals surface area contributed by atoms with Crippen LogP contribution in [0.3, 0.4) is 0 Å². The van der Waals surface area contributed by atoms with Crippen LogP contribution in [0.2, 0.25) is 0 Å². The van der Waals surface area contributed by atoms with Gasteiger partial charge in [-0.15, -0.1) is 0 Å². The molecule has 4 aromatic carbocycles. The molecule has 0 saturated carbocycles. The number of phenols is 1. The molecule has 2 N–H and O–H groups in total. The second-order valence-corrected chi connectivity index (χ2v) is 16.6. The van der Waals surface area contributed by atoms with Crippen molar-refractivity contribution in [3.05, 3.63) is 125 Å². The Morgan fingerprint density at radius 3 is 2.09 bits per heavy atom. The lowest BCUT2D eigenvalue weighted by molar-refractivity contribution is -0.134. The number of amides is 2. The number of aromatic hydroxyl groups is 1. The van der Waals surface area contributed by atoms with E-state index in [0.29, 0.717) is 24.9 Å². The summed E-state index contributed by atoms with van der Waals surface area (Å²) >= 11 is 0. The molecular formula is C46H52N4O4. The molecule has 280 valence electrons. The first-order valence-corrected chi connectivity index (χ1v) is 20.1.